The number of benzene rings is 3. The standard InChI is InChI=1S/C24H17NO2S/c26-21(17-9-3-1-4-10-17)15-20-24(16-22(27)18-11-5-2-6-12-18)28-23-14-8-7-13-19(23)25-20/h1-14,16H,15H2/b24-16-. The van der Waals surface area contributed by atoms with E-state index < -0.39 is 0 Å². The molecule has 0 unspecified atom stereocenters. The van der Waals surface area contributed by atoms with Crippen molar-refractivity contribution < 1.29 is 9.59 Å². The predicted octanol–water partition coefficient (Wildman–Crippen LogP) is 5.90. The number of para-hydroxylation sites is 1. The van der Waals surface area contributed by atoms with Crippen LogP contribution in [0.15, 0.2) is 106 Å². The first-order valence-electron chi connectivity index (χ1n) is 8.95. The van der Waals surface area contributed by atoms with Gasteiger partial charge in [-0.1, -0.05) is 84.6 Å². The molecule has 4 rings (SSSR count). The Bertz CT molecular complexity index is 1090. The number of aliphatic imine (C=N–C) groups is 1. The van der Waals surface area contributed by atoms with Gasteiger partial charge in [0, 0.05) is 27.0 Å². The van der Waals surface area contributed by atoms with Gasteiger partial charge in [0.1, 0.15) is 0 Å². The van der Waals surface area contributed by atoms with Gasteiger partial charge in [-0.15, -0.1) is 0 Å². The van der Waals surface area contributed by atoms with Crippen LogP contribution in [0.4, 0.5) is 5.69 Å². The number of allylic oxidation sites excluding steroid dienone is 2. The number of nitrogens with zero attached hydrogens (tertiary/aromatic N) is 1. The zero-order valence-corrected chi connectivity index (χ0v) is 15.9. The molecule has 0 saturated heterocycles. The summed E-state index contributed by atoms with van der Waals surface area (Å²) in [4.78, 5) is 31.8. The van der Waals surface area contributed by atoms with Gasteiger partial charge >= 0.3 is 0 Å². The first-order valence-corrected chi connectivity index (χ1v) is 9.76. The molecule has 0 N–H and O–H groups in total. The minimum Gasteiger partial charge on any atom is -0.294 e. The monoisotopic (exact) mass is 383 g/mol. The smallest absolute Gasteiger partial charge is 0.187 e. The third-order valence-electron chi connectivity index (χ3n) is 4.37. The van der Waals surface area contributed by atoms with Crippen LogP contribution in [-0.2, 0) is 0 Å². The third-order valence-corrected chi connectivity index (χ3v) is 5.51. The Labute approximate surface area is 167 Å². The Morgan fingerprint density at radius 1 is 0.786 bits per heavy atom. The summed E-state index contributed by atoms with van der Waals surface area (Å²) in [6.07, 6.45) is 1.74. The van der Waals surface area contributed by atoms with Crippen molar-refractivity contribution in [1.82, 2.24) is 0 Å². The number of ketones is 2. The van der Waals surface area contributed by atoms with E-state index in [4.69, 9.17) is 4.99 Å². The topological polar surface area (TPSA) is 46.5 Å². The summed E-state index contributed by atoms with van der Waals surface area (Å²) in [5, 5.41) is 0. The van der Waals surface area contributed by atoms with Crippen LogP contribution in [0.1, 0.15) is 27.1 Å². The first kappa shape index (κ1) is 18.1. The Morgan fingerprint density at radius 3 is 2.11 bits per heavy atom. The zero-order valence-electron chi connectivity index (χ0n) is 15.0. The second-order valence-corrected chi connectivity index (χ2v) is 7.42. The maximum absolute atomic E-state index is 12.7. The molecule has 28 heavy (non-hydrogen) atoms. The van der Waals surface area contributed by atoms with Crippen LogP contribution in [0.2, 0.25) is 0 Å². The van der Waals surface area contributed by atoms with Crippen molar-refractivity contribution in [3.8, 4) is 0 Å². The molecule has 0 amide bonds. The van der Waals surface area contributed by atoms with E-state index in [2.05, 4.69) is 0 Å². The molecule has 0 bridgehead atoms. The van der Waals surface area contributed by atoms with E-state index in [1.807, 2.05) is 60.7 Å². The van der Waals surface area contributed by atoms with Gasteiger partial charge in [-0.2, -0.15) is 0 Å². The Balaban J connectivity index is 1.69. The number of hydrogen-bond acceptors (Lipinski definition) is 4. The largest absolute Gasteiger partial charge is 0.294 e. The fourth-order valence-corrected chi connectivity index (χ4v) is 3.94. The molecular weight excluding hydrogens is 366 g/mol. The molecule has 0 atom stereocenters. The predicted molar refractivity (Wildman–Crippen MR) is 114 cm³/mol. The maximum Gasteiger partial charge on any atom is 0.187 e. The average molecular weight is 383 g/mol. The second kappa shape index (κ2) is 8.19. The van der Waals surface area contributed by atoms with E-state index in [0.717, 1.165) is 15.5 Å². The highest BCUT2D eigenvalue weighted by molar-refractivity contribution is 8.04. The number of fused-ring (bicyclic) bond motifs is 1. The van der Waals surface area contributed by atoms with Crippen LogP contribution >= 0.6 is 11.8 Å². The number of rotatable bonds is 5. The van der Waals surface area contributed by atoms with Gasteiger partial charge in [0.05, 0.1) is 17.8 Å². The van der Waals surface area contributed by atoms with E-state index in [-0.39, 0.29) is 18.0 Å². The first-order chi connectivity index (χ1) is 13.7. The minimum atomic E-state index is -0.0951. The van der Waals surface area contributed by atoms with Gasteiger partial charge in [-0.3, -0.25) is 14.6 Å². The summed E-state index contributed by atoms with van der Waals surface area (Å²) < 4.78 is 0. The summed E-state index contributed by atoms with van der Waals surface area (Å²) in [7, 11) is 0. The molecule has 0 saturated carbocycles. The lowest BCUT2D eigenvalue weighted by molar-refractivity contribution is 0.0998. The Morgan fingerprint density at radius 2 is 1.39 bits per heavy atom. The lowest BCUT2D eigenvalue weighted by Crippen LogP contribution is -2.12. The van der Waals surface area contributed by atoms with Crippen LogP contribution < -0.4 is 0 Å². The highest BCUT2D eigenvalue weighted by Gasteiger charge is 2.22. The van der Waals surface area contributed by atoms with Gasteiger partial charge in [-0.25, -0.2) is 0 Å². The summed E-state index contributed by atoms with van der Waals surface area (Å²) in [5.41, 5.74) is 2.71. The van der Waals surface area contributed by atoms with Crippen molar-refractivity contribution in [3.63, 3.8) is 0 Å². The Kier molecular flexibility index (Phi) is 5.31. The fraction of sp³-hybridized carbons (Fsp3) is 0.0417. The summed E-state index contributed by atoms with van der Waals surface area (Å²) in [6, 6.07) is 26.0. The molecule has 3 nitrogen and oxygen atoms in total. The number of hydrogen-bond donors (Lipinski definition) is 0. The van der Waals surface area contributed by atoms with Gasteiger partial charge in [0.25, 0.3) is 0 Å². The van der Waals surface area contributed by atoms with E-state index >= 15 is 0 Å². The zero-order chi connectivity index (χ0) is 19.3. The molecule has 0 fully saturated rings. The molecule has 4 heteroatoms. The lowest BCUT2D eigenvalue weighted by Gasteiger charge is -2.18. The van der Waals surface area contributed by atoms with E-state index in [1.165, 1.54) is 11.8 Å². The highest BCUT2D eigenvalue weighted by atomic mass is 32.2. The van der Waals surface area contributed by atoms with E-state index in [1.54, 1.807) is 30.3 Å². The normalized spacial score (nSPS) is 14.3. The van der Waals surface area contributed by atoms with Crippen molar-refractivity contribution in [2.75, 3.05) is 0 Å². The number of Topliss-reactive ketones (excluding diaryl/α,β-unsaturated/α-hetero) is 1. The summed E-state index contributed by atoms with van der Waals surface area (Å²) in [5.74, 6) is -0.111. The molecule has 1 heterocycles. The van der Waals surface area contributed by atoms with Gasteiger partial charge < -0.3 is 0 Å². The van der Waals surface area contributed by atoms with Crippen LogP contribution in [0, 0.1) is 0 Å². The third kappa shape index (κ3) is 4.02. The molecule has 0 aliphatic carbocycles. The van der Waals surface area contributed by atoms with Crippen LogP contribution in [-0.4, -0.2) is 17.3 Å². The van der Waals surface area contributed by atoms with Crippen molar-refractivity contribution >= 4 is 34.7 Å². The van der Waals surface area contributed by atoms with Gasteiger partial charge in [-0.05, 0) is 12.1 Å². The molecule has 3 aromatic rings. The molecule has 0 radical (unpaired) electrons. The van der Waals surface area contributed by atoms with E-state index in [0.29, 0.717) is 16.8 Å². The average Bonchev–Trinajstić information content (AvgIpc) is 2.75. The van der Waals surface area contributed by atoms with Gasteiger partial charge in [0.2, 0.25) is 0 Å². The van der Waals surface area contributed by atoms with Crippen LogP contribution in [0.5, 0.6) is 0 Å². The molecular formula is C24H17NO2S. The fourth-order valence-electron chi connectivity index (χ4n) is 2.94. The van der Waals surface area contributed by atoms with Crippen LogP contribution in [0.3, 0.4) is 0 Å². The van der Waals surface area contributed by atoms with Crippen LogP contribution in [0.25, 0.3) is 0 Å². The highest BCUT2D eigenvalue weighted by Crippen LogP contribution is 2.41. The molecule has 1 aliphatic heterocycles. The summed E-state index contributed by atoms with van der Waals surface area (Å²) in [6.45, 7) is 0. The number of thioether (sulfide) groups is 1. The molecule has 136 valence electrons. The van der Waals surface area contributed by atoms with Crippen molar-refractivity contribution in [2.24, 2.45) is 4.99 Å². The number of carbonyl (C=O) groups excluding carboxylic acids is 2. The molecule has 0 aromatic heterocycles. The lowest BCUT2D eigenvalue weighted by atomic mass is 10.0. The van der Waals surface area contributed by atoms with E-state index in [9.17, 15) is 9.59 Å². The quantitative estimate of drug-likeness (QED) is 0.407. The minimum absolute atomic E-state index is 0.0163. The van der Waals surface area contributed by atoms with Crippen molar-refractivity contribution in [1.29, 1.82) is 0 Å². The Hall–Kier alpha value is -3.24. The molecule has 0 spiro atoms. The SMILES string of the molecule is O=C(/C=C1\Sc2ccccc2N=C1CC(=O)c1ccccc1)c1ccccc1. The maximum atomic E-state index is 12.7. The van der Waals surface area contributed by atoms with Crippen molar-refractivity contribution in [2.45, 2.75) is 11.3 Å². The molecule has 1 aliphatic rings. The summed E-state index contributed by atoms with van der Waals surface area (Å²) >= 11 is 1.48. The second-order valence-electron chi connectivity index (χ2n) is 6.33. The molecule has 3 aromatic carbocycles. The van der Waals surface area contributed by atoms with Gasteiger partial charge in [0.15, 0.2) is 11.6 Å². The number of carbonyl (C=O) groups is 2. The van der Waals surface area contributed by atoms with Crippen molar-refractivity contribution in [3.05, 3.63) is 107 Å².